The van der Waals surface area contributed by atoms with Crippen LogP contribution in [0.4, 0.5) is 4.39 Å². The molecule has 3 rings (SSSR count). The van der Waals surface area contributed by atoms with E-state index in [0.29, 0.717) is 11.4 Å². The fourth-order valence-electron chi connectivity index (χ4n) is 1.76. The SMILES string of the molecule is N#Cc1cc(-c2ncncn2)cc(-c2ncncn2)c1F. The van der Waals surface area contributed by atoms with Crippen molar-refractivity contribution in [2.75, 3.05) is 0 Å². The lowest BCUT2D eigenvalue weighted by molar-refractivity contribution is 0.626. The number of aromatic nitrogens is 6. The van der Waals surface area contributed by atoms with Gasteiger partial charge in [0.15, 0.2) is 17.5 Å². The van der Waals surface area contributed by atoms with Gasteiger partial charge >= 0.3 is 0 Å². The summed E-state index contributed by atoms with van der Waals surface area (Å²) < 4.78 is 14.3. The van der Waals surface area contributed by atoms with Crippen molar-refractivity contribution in [1.82, 2.24) is 29.9 Å². The average Bonchev–Trinajstić information content (AvgIpc) is 2.56. The van der Waals surface area contributed by atoms with Crippen LogP contribution in [0.15, 0.2) is 37.4 Å². The molecular weight excluding hydrogens is 273 g/mol. The zero-order valence-corrected chi connectivity index (χ0v) is 10.5. The molecular formula is C13H6FN7. The second-order valence-electron chi connectivity index (χ2n) is 3.92. The molecule has 0 radical (unpaired) electrons. The van der Waals surface area contributed by atoms with Crippen LogP contribution in [-0.2, 0) is 0 Å². The molecule has 3 aromatic rings. The van der Waals surface area contributed by atoms with E-state index >= 15 is 0 Å². The summed E-state index contributed by atoms with van der Waals surface area (Å²) in [4.78, 5) is 23.2. The van der Waals surface area contributed by atoms with E-state index in [9.17, 15) is 4.39 Å². The highest BCUT2D eigenvalue weighted by molar-refractivity contribution is 5.69. The summed E-state index contributed by atoms with van der Waals surface area (Å²) in [5.41, 5.74) is 0.431. The van der Waals surface area contributed by atoms with Crippen LogP contribution < -0.4 is 0 Å². The summed E-state index contributed by atoms with van der Waals surface area (Å²) in [5, 5.41) is 9.06. The van der Waals surface area contributed by atoms with Gasteiger partial charge in [-0.05, 0) is 12.1 Å². The lowest BCUT2D eigenvalue weighted by Gasteiger charge is -2.06. The fourth-order valence-corrected chi connectivity index (χ4v) is 1.76. The maximum Gasteiger partial charge on any atom is 0.165 e. The monoisotopic (exact) mass is 279 g/mol. The Bertz CT molecular complexity index is 815. The minimum Gasteiger partial charge on any atom is -0.225 e. The normalized spacial score (nSPS) is 10.1. The first-order valence-electron chi connectivity index (χ1n) is 5.78. The Hall–Kier alpha value is -3.34. The third-order valence-electron chi connectivity index (χ3n) is 2.68. The minimum atomic E-state index is -0.693. The predicted octanol–water partition coefficient (Wildman–Crippen LogP) is 1.40. The second kappa shape index (κ2) is 5.34. The number of nitriles is 1. The molecule has 8 heteroatoms. The van der Waals surface area contributed by atoms with Gasteiger partial charge < -0.3 is 0 Å². The third-order valence-corrected chi connectivity index (χ3v) is 2.68. The highest BCUT2D eigenvalue weighted by Gasteiger charge is 2.16. The van der Waals surface area contributed by atoms with Gasteiger partial charge in [-0.1, -0.05) is 0 Å². The average molecular weight is 279 g/mol. The van der Waals surface area contributed by atoms with Crippen molar-refractivity contribution in [2.45, 2.75) is 0 Å². The summed E-state index contributed by atoms with van der Waals surface area (Å²) in [6, 6.07) is 4.66. The maximum atomic E-state index is 14.3. The molecule has 2 aromatic heterocycles. The third kappa shape index (κ3) is 2.40. The first-order valence-corrected chi connectivity index (χ1v) is 5.78. The van der Waals surface area contributed by atoms with Gasteiger partial charge in [-0.15, -0.1) is 0 Å². The standard InChI is InChI=1S/C13H6FN7/c14-11-9(3-15)1-8(12-18-4-16-5-19-12)2-10(11)13-20-6-17-7-21-13/h1-2,4-7H. The highest BCUT2D eigenvalue weighted by atomic mass is 19.1. The lowest BCUT2D eigenvalue weighted by atomic mass is 10.0. The second-order valence-corrected chi connectivity index (χ2v) is 3.92. The fraction of sp³-hybridized carbons (Fsp3) is 0. The van der Waals surface area contributed by atoms with Gasteiger partial charge in [0.1, 0.15) is 31.4 Å². The summed E-state index contributed by atoms with van der Waals surface area (Å²) in [6.45, 7) is 0. The van der Waals surface area contributed by atoms with Gasteiger partial charge in [0.25, 0.3) is 0 Å². The van der Waals surface area contributed by atoms with Gasteiger partial charge in [-0.25, -0.2) is 34.3 Å². The van der Waals surface area contributed by atoms with Crippen LogP contribution in [0.5, 0.6) is 0 Å². The van der Waals surface area contributed by atoms with Gasteiger partial charge in [-0.3, -0.25) is 0 Å². The molecule has 1 aromatic carbocycles. The predicted molar refractivity (Wildman–Crippen MR) is 68.8 cm³/mol. The molecule has 0 unspecified atom stereocenters. The molecule has 0 N–H and O–H groups in total. The van der Waals surface area contributed by atoms with Crippen LogP contribution in [-0.4, -0.2) is 29.9 Å². The maximum absolute atomic E-state index is 14.3. The number of rotatable bonds is 2. The molecule has 0 spiro atoms. The smallest absolute Gasteiger partial charge is 0.165 e. The van der Waals surface area contributed by atoms with E-state index in [1.54, 1.807) is 6.07 Å². The van der Waals surface area contributed by atoms with Crippen LogP contribution in [0.25, 0.3) is 22.8 Å². The Morgan fingerprint density at radius 3 is 2.00 bits per heavy atom. The molecule has 0 saturated heterocycles. The van der Waals surface area contributed by atoms with Gasteiger partial charge in [-0.2, -0.15) is 5.26 Å². The molecule has 0 atom stereocenters. The van der Waals surface area contributed by atoms with Crippen LogP contribution in [0.1, 0.15) is 5.56 Å². The molecule has 0 aliphatic carbocycles. The molecule has 0 aliphatic heterocycles. The quantitative estimate of drug-likeness (QED) is 0.698. The molecule has 21 heavy (non-hydrogen) atoms. The van der Waals surface area contributed by atoms with Crippen LogP contribution in [0.3, 0.4) is 0 Å². The van der Waals surface area contributed by atoms with Gasteiger partial charge in [0.05, 0.1) is 11.1 Å². The Morgan fingerprint density at radius 1 is 0.857 bits per heavy atom. The van der Waals surface area contributed by atoms with E-state index in [1.165, 1.54) is 37.4 Å². The van der Waals surface area contributed by atoms with Crippen molar-refractivity contribution in [1.29, 1.82) is 5.26 Å². The summed E-state index contributed by atoms with van der Waals surface area (Å²) in [5.74, 6) is -0.229. The first kappa shape index (κ1) is 12.7. The van der Waals surface area contributed by atoms with Crippen LogP contribution in [0, 0.1) is 17.1 Å². The van der Waals surface area contributed by atoms with Crippen molar-refractivity contribution in [3.63, 3.8) is 0 Å². The molecule has 7 nitrogen and oxygen atoms in total. The molecule has 2 heterocycles. The Labute approximate surface area is 118 Å². The summed E-state index contributed by atoms with van der Waals surface area (Å²) >= 11 is 0. The van der Waals surface area contributed by atoms with Gasteiger partial charge in [0, 0.05) is 5.56 Å². The van der Waals surface area contributed by atoms with E-state index in [0.717, 1.165) is 0 Å². The number of hydrogen-bond acceptors (Lipinski definition) is 7. The molecule has 100 valence electrons. The molecule has 0 saturated carbocycles. The lowest BCUT2D eigenvalue weighted by Crippen LogP contribution is -1.98. The summed E-state index contributed by atoms with van der Waals surface area (Å²) in [6.07, 6.45) is 5.15. The number of hydrogen-bond donors (Lipinski definition) is 0. The zero-order chi connectivity index (χ0) is 14.7. The number of halogens is 1. The summed E-state index contributed by atoms with van der Waals surface area (Å²) in [7, 11) is 0. The minimum absolute atomic E-state index is 0.0897. The zero-order valence-electron chi connectivity index (χ0n) is 10.5. The van der Waals surface area contributed by atoms with Crippen LogP contribution in [0.2, 0.25) is 0 Å². The van der Waals surface area contributed by atoms with E-state index < -0.39 is 5.82 Å². The van der Waals surface area contributed by atoms with Crippen molar-refractivity contribution in [2.24, 2.45) is 0 Å². The Balaban J connectivity index is 2.24. The number of benzene rings is 1. The van der Waals surface area contributed by atoms with Crippen molar-refractivity contribution < 1.29 is 4.39 Å². The van der Waals surface area contributed by atoms with Crippen molar-refractivity contribution in [3.8, 4) is 28.8 Å². The van der Waals surface area contributed by atoms with Crippen molar-refractivity contribution >= 4 is 0 Å². The van der Waals surface area contributed by atoms with Crippen LogP contribution >= 0.6 is 0 Å². The highest BCUT2D eigenvalue weighted by Crippen LogP contribution is 2.27. The topological polar surface area (TPSA) is 101 Å². The van der Waals surface area contributed by atoms with E-state index in [2.05, 4.69) is 29.9 Å². The Kier molecular flexibility index (Phi) is 3.22. The Morgan fingerprint density at radius 2 is 1.43 bits per heavy atom. The number of nitrogens with zero attached hydrogens (tertiary/aromatic N) is 7. The first-order chi connectivity index (χ1) is 10.3. The van der Waals surface area contributed by atoms with Crippen molar-refractivity contribution in [3.05, 3.63) is 48.8 Å². The molecule has 0 aliphatic rings. The van der Waals surface area contributed by atoms with E-state index in [4.69, 9.17) is 5.26 Å². The molecule has 0 amide bonds. The van der Waals surface area contributed by atoms with E-state index in [1.807, 2.05) is 0 Å². The molecule has 0 bridgehead atoms. The largest absolute Gasteiger partial charge is 0.225 e. The molecule has 0 fully saturated rings. The van der Waals surface area contributed by atoms with E-state index in [-0.39, 0.29) is 17.0 Å². The van der Waals surface area contributed by atoms with Gasteiger partial charge in [0.2, 0.25) is 0 Å².